The Hall–Kier alpha value is -3.08. The second-order valence-corrected chi connectivity index (χ2v) is 7.19. The van der Waals surface area contributed by atoms with Crippen molar-refractivity contribution in [2.75, 3.05) is 6.54 Å². The Morgan fingerprint density at radius 1 is 1.15 bits per heavy atom. The Bertz CT molecular complexity index is 989. The smallest absolute Gasteiger partial charge is 0.273 e. The highest BCUT2D eigenvalue weighted by atomic mass is 16.3. The van der Waals surface area contributed by atoms with Crippen LogP contribution in [0.25, 0.3) is 11.3 Å². The second-order valence-electron chi connectivity index (χ2n) is 7.19. The molecule has 5 nitrogen and oxygen atoms in total. The molecular weight excluding hydrogens is 338 g/mol. The Kier molecular flexibility index (Phi) is 4.22. The van der Waals surface area contributed by atoms with Crippen molar-refractivity contribution >= 4 is 5.91 Å². The fraction of sp³-hybridized carbons (Fsp3) is 0.273. The minimum Gasteiger partial charge on any atom is -0.507 e. The lowest BCUT2D eigenvalue weighted by Gasteiger charge is -2.25. The van der Waals surface area contributed by atoms with Gasteiger partial charge in [0.25, 0.3) is 5.91 Å². The van der Waals surface area contributed by atoms with Gasteiger partial charge in [-0.1, -0.05) is 50.2 Å². The third-order valence-electron chi connectivity index (χ3n) is 5.28. The lowest BCUT2D eigenvalue weighted by Crippen LogP contribution is -2.29. The Balaban J connectivity index is 1.87. The molecule has 2 N–H and O–H groups in total. The fourth-order valence-corrected chi connectivity index (χ4v) is 3.81. The molecule has 0 saturated carbocycles. The van der Waals surface area contributed by atoms with E-state index in [1.807, 2.05) is 24.0 Å². The number of para-hydroxylation sites is 1. The van der Waals surface area contributed by atoms with Gasteiger partial charge in [-0.2, -0.15) is 5.10 Å². The Morgan fingerprint density at radius 2 is 1.85 bits per heavy atom. The molecule has 4 rings (SSSR count). The summed E-state index contributed by atoms with van der Waals surface area (Å²) in [5.41, 5.74) is 4.91. The van der Waals surface area contributed by atoms with Crippen molar-refractivity contribution in [1.82, 2.24) is 15.1 Å². The number of hydrogen-bond acceptors (Lipinski definition) is 3. The van der Waals surface area contributed by atoms with E-state index in [1.54, 1.807) is 12.1 Å². The molecule has 0 aliphatic carbocycles. The number of nitrogens with one attached hydrogen (secondary N) is 1. The van der Waals surface area contributed by atoms with Crippen LogP contribution in [0.15, 0.2) is 48.5 Å². The lowest BCUT2D eigenvalue weighted by molar-refractivity contribution is 0.0754. The molecule has 138 valence electrons. The maximum Gasteiger partial charge on any atom is 0.273 e. The predicted molar refractivity (Wildman–Crippen MR) is 105 cm³/mol. The van der Waals surface area contributed by atoms with Crippen molar-refractivity contribution in [3.05, 3.63) is 70.9 Å². The van der Waals surface area contributed by atoms with E-state index in [2.05, 4.69) is 48.3 Å². The van der Waals surface area contributed by atoms with E-state index in [0.717, 1.165) is 11.1 Å². The second kappa shape index (κ2) is 6.58. The highest BCUT2D eigenvalue weighted by molar-refractivity contribution is 6.00. The topological polar surface area (TPSA) is 69.2 Å². The van der Waals surface area contributed by atoms with Crippen LogP contribution in [0, 0.1) is 0 Å². The van der Waals surface area contributed by atoms with Crippen LogP contribution in [0.1, 0.15) is 59.9 Å². The first-order valence-corrected chi connectivity index (χ1v) is 9.30. The number of benzene rings is 2. The van der Waals surface area contributed by atoms with Crippen LogP contribution in [0.3, 0.4) is 0 Å². The maximum atomic E-state index is 12.9. The number of aromatic nitrogens is 2. The average Bonchev–Trinajstić information content (AvgIpc) is 3.21. The number of amides is 1. The van der Waals surface area contributed by atoms with E-state index in [9.17, 15) is 9.90 Å². The van der Waals surface area contributed by atoms with Crippen LogP contribution in [0.5, 0.6) is 5.75 Å². The summed E-state index contributed by atoms with van der Waals surface area (Å²) in [7, 11) is 0. The number of phenols is 1. The summed E-state index contributed by atoms with van der Waals surface area (Å²) in [6, 6.07) is 15.3. The van der Waals surface area contributed by atoms with E-state index >= 15 is 0 Å². The molecule has 0 bridgehead atoms. The number of aromatic amines is 1. The molecule has 0 saturated heterocycles. The number of carbonyl (C=O) groups excluding carboxylic acids is 1. The molecule has 1 aromatic heterocycles. The van der Waals surface area contributed by atoms with Crippen molar-refractivity contribution in [3.8, 4) is 17.0 Å². The highest BCUT2D eigenvalue weighted by Crippen LogP contribution is 2.44. The van der Waals surface area contributed by atoms with Crippen LogP contribution in [0.4, 0.5) is 0 Å². The van der Waals surface area contributed by atoms with Gasteiger partial charge in [-0.25, -0.2) is 0 Å². The van der Waals surface area contributed by atoms with Crippen molar-refractivity contribution < 1.29 is 9.90 Å². The third kappa shape index (κ3) is 2.70. The number of phenolic OH excluding ortho intramolecular Hbond substituents is 1. The first-order chi connectivity index (χ1) is 13.0. The summed E-state index contributed by atoms with van der Waals surface area (Å²) in [5.74, 6) is 0.551. The van der Waals surface area contributed by atoms with Crippen LogP contribution in [-0.2, 0) is 0 Å². The van der Waals surface area contributed by atoms with Gasteiger partial charge in [-0.3, -0.25) is 9.89 Å². The Morgan fingerprint density at radius 3 is 2.48 bits per heavy atom. The summed E-state index contributed by atoms with van der Waals surface area (Å²) >= 11 is 0. The Labute approximate surface area is 158 Å². The summed E-state index contributed by atoms with van der Waals surface area (Å²) in [6.07, 6.45) is 0. The van der Waals surface area contributed by atoms with E-state index in [1.165, 1.54) is 5.56 Å². The monoisotopic (exact) mass is 361 g/mol. The average molecular weight is 361 g/mol. The van der Waals surface area contributed by atoms with E-state index in [0.29, 0.717) is 29.4 Å². The molecular formula is C22H23N3O2. The molecule has 1 aliphatic heterocycles. The molecule has 2 aromatic carbocycles. The third-order valence-corrected chi connectivity index (χ3v) is 5.28. The van der Waals surface area contributed by atoms with Gasteiger partial charge in [0.05, 0.1) is 6.04 Å². The van der Waals surface area contributed by atoms with E-state index in [-0.39, 0.29) is 17.7 Å². The van der Waals surface area contributed by atoms with Gasteiger partial charge in [-0.15, -0.1) is 0 Å². The van der Waals surface area contributed by atoms with Gasteiger partial charge in [0.1, 0.15) is 17.1 Å². The van der Waals surface area contributed by atoms with Crippen molar-refractivity contribution in [2.45, 2.75) is 32.7 Å². The van der Waals surface area contributed by atoms with Crippen molar-refractivity contribution in [1.29, 1.82) is 0 Å². The zero-order chi connectivity index (χ0) is 19.1. The first kappa shape index (κ1) is 17.3. The van der Waals surface area contributed by atoms with Crippen molar-refractivity contribution in [3.63, 3.8) is 0 Å². The number of fused-ring (bicyclic) bond motifs is 1. The molecule has 2 heterocycles. The van der Waals surface area contributed by atoms with Crippen LogP contribution < -0.4 is 0 Å². The fourth-order valence-electron chi connectivity index (χ4n) is 3.81. The summed E-state index contributed by atoms with van der Waals surface area (Å²) in [4.78, 5) is 14.8. The van der Waals surface area contributed by atoms with Gasteiger partial charge < -0.3 is 10.0 Å². The number of H-pyrrole nitrogens is 1. The number of rotatable bonds is 4. The molecule has 0 unspecified atom stereocenters. The van der Waals surface area contributed by atoms with Crippen LogP contribution in [0.2, 0.25) is 0 Å². The van der Waals surface area contributed by atoms with Gasteiger partial charge in [-0.05, 0) is 36.1 Å². The first-order valence-electron chi connectivity index (χ1n) is 9.30. The largest absolute Gasteiger partial charge is 0.507 e. The zero-order valence-electron chi connectivity index (χ0n) is 15.7. The molecule has 3 aromatic rings. The van der Waals surface area contributed by atoms with Gasteiger partial charge >= 0.3 is 0 Å². The van der Waals surface area contributed by atoms with Gasteiger partial charge in [0, 0.05) is 17.7 Å². The predicted octanol–water partition coefficient (Wildman–Crippen LogP) is 4.47. The lowest BCUT2D eigenvalue weighted by atomic mass is 9.93. The molecule has 0 radical (unpaired) electrons. The summed E-state index contributed by atoms with van der Waals surface area (Å²) < 4.78 is 0. The van der Waals surface area contributed by atoms with Gasteiger partial charge in [0.15, 0.2) is 0 Å². The van der Waals surface area contributed by atoms with Crippen LogP contribution >= 0.6 is 0 Å². The van der Waals surface area contributed by atoms with E-state index < -0.39 is 0 Å². The zero-order valence-corrected chi connectivity index (χ0v) is 15.7. The molecule has 5 heteroatoms. The highest BCUT2D eigenvalue weighted by Gasteiger charge is 2.41. The molecule has 27 heavy (non-hydrogen) atoms. The number of aromatic hydroxyl groups is 1. The minimum absolute atomic E-state index is 0.0559. The minimum atomic E-state index is -0.216. The summed E-state index contributed by atoms with van der Waals surface area (Å²) in [5, 5.41) is 17.6. The summed E-state index contributed by atoms with van der Waals surface area (Å²) in [6.45, 7) is 6.90. The number of nitrogens with zero attached hydrogens (tertiary/aromatic N) is 2. The molecule has 0 fully saturated rings. The van der Waals surface area contributed by atoms with Crippen LogP contribution in [-0.4, -0.2) is 32.7 Å². The molecule has 0 spiro atoms. The normalized spacial score (nSPS) is 16.2. The molecule has 1 aliphatic rings. The molecule has 1 atom stereocenters. The van der Waals surface area contributed by atoms with Gasteiger partial charge in [0.2, 0.25) is 0 Å². The van der Waals surface area contributed by atoms with Crippen molar-refractivity contribution in [2.24, 2.45) is 0 Å². The number of hydrogen-bond donors (Lipinski definition) is 2. The quantitative estimate of drug-likeness (QED) is 0.720. The number of carbonyl (C=O) groups is 1. The standard InChI is InChI=1S/C22H23N3O2/c1-4-25-21(15-11-9-14(10-12-15)13(2)3)18-19(23-24-20(18)22(25)27)16-7-5-6-8-17(16)26/h5-13,21,26H,4H2,1-3H3,(H,23,24)/t21-/m1/s1. The molecule has 1 amide bonds. The SMILES string of the molecule is CCN1C(=O)c2[nH]nc(-c3ccccc3O)c2[C@H]1c1ccc(C(C)C)cc1. The van der Waals surface area contributed by atoms with E-state index in [4.69, 9.17) is 0 Å². The maximum absolute atomic E-state index is 12.9.